The second kappa shape index (κ2) is 4.35. The van der Waals surface area contributed by atoms with Gasteiger partial charge in [0.2, 0.25) is 0 Å². The van der Waals surface area contributed by atoms with E-state index in [1.807, 2.05) is 0 Å². The van der Waals surface area contributed by atoms with E-state index in [0.717, 1.165) is 0 Å². The summed E-state index contributed by atoms with van der Waals surface area (Å²) in [5, 5.41) is 19.5. The molecule has 80 valence electrons. The molecular weight excluding hydrogens is 208 g/mol. The van der Waals surface area contributed by atoms with Gasteiger partial charge in [-0.15, -0.1) is 0 Å². The topological polar surface area (TPSA) is 92.0 Å². The van der Waals surface area contributed by atoms with Crippen molar-refractivity contribution in [2.45, 2.75) is 0 Å². The number of nitrogens with zero attached hydrogens (tertiary/aromatic N) is 4. The van der Waals surface area contributed by atoms with Gasteiger partial charge in [-0.2, -0.15) is 0 Å². The minimum atomic E-state index is -0.310. The quantitative estimate of drug-likeness (QED) is 0.733. The van der Waals surface area contributed by atoms with Crippen molar-refractivity contribution >= 4 is 11.5 Å². The summed E-state index contributed by atoms with van der Waals surface area (Å²) in [5.41, 5.74) is 0.646. The first-order valence-corrected chi connectivity index (χ1v) is 4.42. The monoisotopic (exact) mass is 216 g/mol. The number of hydrogen-bond acceptors (Lipinski definition) is 6. The second-order valence-electron chi connectivity index (χ2n) is 2.95. The zero-order valence-corrected chi connectivity index (χ0v) is 8.15. The molecule has 0 aliphatic carbocycles. The lowest BCUT2D eigenvalue weighted by Crippen LogP contribution is -1.94. The van der Waals surface area contributed by atoms with Crippen molar-refractivity contribution in [1.82, 2.24) is 19.9 Å². The summed E-state index contributed by atoms with van der Waals surface area (Å²) in [7, 11) is 0. The highest BCUT2D eigenvalue weighted by atomic mass is 16.3. The summed E-state index contributed by atoms with van der Waals surface area (Å²) in [5.74, 6) is -0.620. The van der Waals surface area contributed by atoms with Crippen LogP contribution in [0.3, 0.4) is 0 Å². The summed E-state index contributed by atoms with van der Waals surface area (Å²) >= 11 is 0. The van der Waals surface area contributed by atoms with Crippen LogP contribution in [0.2, 0.25) is 0 Å². The predicted molar refractivity (Wildman–Crippen MR) is 56.1 cm³/mol. The highest BCUT2D eigenvalue weighted by Crippen LogP contribution is 2.19. The van der Waals surface area contributed by atoms with Gasteiger partial charge in [0.1, 0.15) is 12.7 Å². The standard InChI is InChI=1S/C10H8N4O2/c15-9(7-1-11-5-12-2-7)10(16)8-3-13-6-14-4-8/h1-6,15-16H/b10-9+. The molecule has 0 spiro atoms. The molecule has 0 aliphatic rings. The lowest BCUT2D eigenvalue weighted by Gasteiger charge is -2.03. The van der Waals surface area contributed by atoms with E-state index in [9.17, 15) is 10.2 Å². The van der Waals surface area contributed by atoms with Crippen LogP contribution in [0, 0.1) is 0 Å². The largest absolute Gasteiger partial charge is 0.504 e. The van der Waals surface area contributed by atoms with Crippen LogP contribution < -0.4 is 0 Å². The van der Waals surface area contributed by atoms with E-state index in [1.165, 1.54) is 37.4 Å². The molecule has 0 fully saturated rings. The maximum atomic E-state index is 9.74. The first-order chi connectivity index (χ1) is 7.79. The van der Waals surface area contributed by atoms with Crippen LogP contribution in [0.5, 0.6) is 0 Å². The van der Waals surface area contributed by atoms with Crippen LogP contribution in [-0.4, -0.2) is 30.1 Å². The van der Waals surface area contributed by atoms with Gasteiger partial charge in [-0.3, -0.25) is 0 Å². The molecule has 0 radical (unpaired) electrons. The van der Waals surface area contributed by atoms with Gasteiger partial charge in [-0.25, -0.2) is 19.9 Å². The Bertz CT molecular complexity index is 451. The molecule has 0 unspecified atom stereocenters. The Hall–Kier alpha value is -2.50. The highest BCUT2D eigenvalue weighted by Gasteiger charge is 2.09. The van der Waals surface area contributed by atoms with Crippen molar-refractivity contribution < 1.29 is 10.2 Å². The fourth-order valence-corrected chi connectivity index (χ4v) is 1.12. The number of aliphatic hydroxyl groups excluding tert-OH is 2. The summed E-state index contributed by atoms with van der Waals surface area (Å²) < 4.78 is 0. The Morgan fingerprint density at radius 3 is 1.31 bits per heavy atom. The average molecular weight is 216 g/mol. The molecule has 0 amide bonds. The average Bonchev–Trinajstić information content (AvgIpc) is 2.39. The molecule has 2 aromatic heterocycles. The second-order valence-corrected chi connectivity index (χ2v) is 2.95. The van der Waals surface area contributed by atoms with Gasteiger partial charge in [0, 0.05) is 24.8 Å². The number of aromatic nitrogens is 4. The Morgan fingerprint density at radius 1 is 0.688 bits per heavy atom. The lowest BCUT2D eigenvalue weighted by molar-refractivity contribution is 0.458. The van der Waals surface area contributed by atoms with E-state index in [0.29, 0.717) is 11.1 Å². The third-order valence-corrected chi connectivity index (χ3v) is 1.89. The highest BCUT2D eigenvalue weighted by molar-refractivity contribution is 5.81. The Morgan fingerprint density at radius 2 is 1.00 bits per heavy atom. The van der Waals surface area contributed by atoms with E-state index < -0.39 is 0 Å². The Labute approximate surface area is 91.0 Å². The van der Waals surface area contributed by atoms with Gasteiger partial charge in [-0.1, -0.05) is 0 Å². The third kappa shape index (κ3) is 1.95. The summed E-state index contributed by atoms with van der Waals surface area (Å²) in [6, 6.07) is 0. The van der Waals surface area contributed by atoms with Crippen LogP contribution >= 0.6 is 0 Å². The molecule has 0 aliphatic heterocycles. The zero-order chi connectivity index (χ0) is 11.4. The first kappa shape index (κ1) is 10.0. The van der Waals surface area contributed by atoms with Crippen molar-refractivity contribution in [1.29, 1.82) is 0 Å². The molecule has 0 atom stereocenters. The molecule has 6 heteroatoms. The third-order valence-electron chi connectivity index (χ3n) is 1.89. The maximum absolute atomic E-state index is 9.74. The van der Waals surface area contributed by atoms with Crippen LogP contribution in [0.15, 0.2) is 37.4 Å². The summed E-state index contributed by atoms with van der Waals surface area (Å²) in [4.78, 5) is 14.9. The van der Waals surface area contributed by atoms with Gasteiger partial charge in [0.15, 0.2) is 11.5 Å². The van der Waals surface area contributed by atoms with E-state index in [2.05, 4.69) is 19.9 Å². The molecular formula is C10H8N4O2. The molecule has 2 aromatic rings. The van der Waals surface area contributed by atoms with Crippen molar-refractivity contribution in [2.24, 2.45) is 0 Å². The summed E-state index contributed by atoms with van der Waals surface area (Å²) in [6.45, 7) is 0. The number of aliphatic hydroxyl groups is 2. The van der Waals surface area contributed by atoms with Crippen molar-refractivity contribution in [2.75, 3.05) is 0 Å². The minimum Gasteiger partial charge on any atom is -0.504 e. The zero-order valence-electron chi connectivity index (χ0n) is 8.15. The van der Waals surface area contributed by atoms with E-state index in [-0.39, 0.29) is 11.5 Å². The van der Waals surface area contributed by atoms with Crippen LogP contribution in [0.4, 0.5) is 0 Å². The molecule has 0 saturated heterocycles. The molecule has 6 nitrogen and oxygen atoms in total. The molecule has 0 aromatic carbocycles. The minimum absolute atomic E-state index is 0.310. The predicted octanol–water partition coefficient (Wildman–Crippen LogP) is 1.21. The molecule has 2 rings (SSSR count). The van der Waals surface area contributed by atoms with Crippen molar-refractivity contribution in [3.05, 3.63) is 48.6 Å². The number of hydrogen-bond donors (Lipinski definition) is 2. The SMILES string of the molecule is O/C(=C(/O)c1cncnc1)c1cncnc1. The van der Waals surface area contributed by atoms with Gasteiger partial charge < -0.3 is 10.2 Å². The first-order valence-electron chi connectivity index (χ1n) is 4.42. The molecule has 2 N–H and O–H groups in total. The Balaban J connectivity index is 2.43. The molecule has 16 heavy (non-hydrogen) atoms. The van der Waals surface area contributed by atoms with Crippen molar-refractivity contribution in [3.8, 4) is 0 Å². The van der Waals surface area contributed by atoms with Gasteiger partial charge in [-0.05, 0) is 0 Å². The lowest BCUT2D eigenvalue weighted by atomic mass is 10.2. The molecule has 2 heterocycles. The fraction of sp³-hybridized carbons (Fsp3) is 0. The van der Waals surface area contributed by atoms with Crippen LogP contribution in [-0.2, 0) is 0 Å². The van der Waals surface area contributed by atoms with Gasteiger partial charge in [0.05, 0.1) is 11.1 Å². The van der Waals surface area contributed by atoms with Gasteiger partial charge in [0.25, 0.3) is 0 Å². The Kier molecular flexibility index (Phi) is 2.73. The number of rotatable bonds is 2. The van der Waals surface area contributed by atoms with Crippen LogP contribution in [0.25, 0.3) is 11.5 Å². The maximum Gasteiger partial charge on any atom is 0.168 e. The van der Waals surface area contributed by atoms with E-state index in [1.54, 1.807) is 0 Å². The van der Waals surface area contributed by atoms with Gasteiger partial charge >= 0.3 is 0 Å². The molecule has 0 bridgehead atoms. The molecule has 0 saturated carbocycles. The van der Waals surface area contributed by atoms with E-state index in [4.69, 9.17) is 0 Å². The van der Waals surface area contributed by atoms with Crippen LogP contribution in [0.1, 0.15) is 11.1 Å². The normalized spacial score (nSPS) is 12.0. The van der Waals surface area contributed by atoms with E-state index >= 15 is 0 Å². The van der Waals surface area contributed by atoms with Crippen molar-refractivity contribution in [3.63, 3.8) is 0 Å². The summed E-state index contributed by atoms with van der Waals surface area (Å²) in [6.07, 6.45) is 8.23. The smallest absolute Gasteiger partial charge is 0.168 e. The fourth-order valence-electron chi connectivity index (χ4n) is 1.12.